The van der Waals surface area contributed by atoms with E-state index in [4.69, 9.17) is 10.5 Å². The van der Waals surface area contributed by atoms with Crippen molar-refractivity contribution in [3.8, 4) is 5.75 Å². The highest BCUT2D eigenvalue weighted by molar-refractivity contribution is 5.84. The quantitative estimate of drug-likeness (QED) is 0.415. The molecule has 0 amide bonds. The van der Waals surface area contributed by atoms with Crippen LogP contribution in [-0.2, 0) is 6.54 Å². The van der Waals surface area contributed by atoms with E-state index in [2.05, 4.69) is 39.4 Å². The van der Waals surface area contributed by atoms with Crippen LogP contribution in [-0.4, -0.2) is 43.4 Å². The van der Waals surface area contributed by atoms with Crippen LogP contribution in [0.2, 0.25) is 0 Å². The zero-order valence-corrected chi connectivity index (χ0v) is 18.4. The zero-order chi connectivity index (χ0) is 22.1. The van der Waals surface area contributed by atoms with Crippen molar-refractivity contribution in [1.82, 2.24) is 19.5 Å². The number of benzene rings is 1. The predicted molar refractivity (Wildman–Crippen MR) is 120 cm³/mol. The van der Waals surface area contributed by atoms with Crippen molar-refractivity contribution < 1.29 is 9.84 Å². The number of aliphatic hydroxyl groups is 1. The molecular formula is C21H31N7O2. The van der Waals surface area contributed by atoms with E-state index in [1.807, 2.05) is 29.7 Å². The molecule has 1 aromatic carbocycles. The number of imidazole rings is 1. The van der Waals surface area contributed by atoms with Crippen LogP contribution < -0.4 is 21.1 Å². The number of nitrogen functional groups attached to an aromatic ring is 1. The molecule has 9 heteroatoms. The third-order valence-electron chi connectivity index (χ3n) is 5.21. The standard InChI is InChI=1S/C21H31N7O2/c1-12(2)28-11-24-17-18(23-10-14-8-7-9-15(30-6)16(14)22)26-20(27-19(17)28)25-13(3)21(4,5)29/h7-9,11-13,29H,10,22H2,1-6H3,(H2,23,25,26,27). The lowest BCUT2D eigenvalue weighted by Gasteiger charge is -2.26. The zero-order valence-electron chi connectivity index (χ0n) is 18.4. The summed E-state index contributed by atoms with van der Waals surface area (Å²) in [6.45, 7) is 9.96. The van der Waals surface area contributed by atoms with E-state index in [-0.39, 0.29) is 12.1 Å². The Kier molecular flexibility index (Phi) is 6.02. The fourth-order valence-corrected chi connectivity index (χ4v) is 2.95. The molecule has 30 heavy (non-hydrogen) atoms. The molecule has 0 spiro atoms. The van der Waals surface area contributed by atoms with Gasteiger partial charge in [0.1, 0.15) is 5.75 Å². The third-order valence-corrected chi connectivity index (χ3v) is 5.21. The van der Waals surface area contributed by atoms with E-state index in [9.17, 15) is 5.11 Å². The average molecular weight is 414 g/mol. The van der Waals surface area contributed by atoms with Crippen LogP contribution in [0, 0.1) is 0 Å². The second-order valence-corrected chi connectivity index (χ2v) is 8.22. The first-order valence-electron chi connectivity index (χ1n) is 10.0. The van der Waals surface area contributed by atoms with Gasteiger partial charge in [-0.3, -0.25) is 0 Å². The number of nitrogens with one attached hydrogen (secondary N) is 2. The molecule has 1 atom stereocenters. The minimum atomic E-state index is -0.931. The molecule has 0 bridgehead atoms. The minimum absolute atomic E-state index is 0.186. The van der Waals surface area contributed by atoms with Crippen molar-refractivity contribution in [3.63, 3.8) is 0 Å². The number of anilines is 3. The van der Waals surface area contributed by atoms with Crippen LogP contribution in [0.5, 0.6) is 5.75 Å². The molecule has 0 aliphatic carbocycles. The molecule has 162 valence electrons. The van der Waals surface area contributed by atoms with Crippen LogP contribution in [0.25, 0.3) is 11.2 Å². The fourth-order valence-electron chi connectivity index (χ4n) is 2.95. The Labute approximate surface area is 176 Å². The summed E-state index contributed by atoms with van der Waals surface area (Å²) in [4.78, 5) is 13.8. The summed E-state index contributed by atoms with van der Waals surface area (Å²) < 4.78 is 7.29. The van der Waals surface area contributed by atoms with Crippen LogP contribution >= 0.6 is 0 Å². The van der Waals surface area contributed by atoms with Gasteiger partial charge >= 0.3 is 0 Å². The van der Waals surface area contributed by atoms with Crippen molar-refractivity contribution in [3.05, 3.63) is 30.1 Å². The van der Waals surface area contributed by atoms with Gasteiger partial charge in [0, 0.05) is 12.6 Å². The van der Waals surface area contributed by atoms with Gasteiger partial charge in [-0.2, -0.15) is 9.97 Å². The minimum Gasteiger partial charge on any atom is -0.495 e. The van der Waals surface area contributed by atoms with Crippen LogP contribution in [0.1, 0.15) is 46.2 Å². The van der Waals surface area contributed by atoms with E-state index in [1.54, 1.807) is 27.3 Å². The second-order valence-electron chi connectivity index (χ2n) is 8.22. The molecule has 0 fully saturated rings. The van der Waals surface area contributed by atoms with Gasteiger partial charge in [-0.1, -0.05) is 12.1 Å². The lowest BCUT2D eigenvalue weighted by atomic mass is 10.0. The highest BCUT2D eigenvalue weighted by atomic mass is 16.5. The number of fused-ring (bicyclic) bond motifs is 1. The maximum Gasteiger partial charge on any atom is 0.227 e. The molecule has 1 unspecified atom stereocenters. The van der Waals surface area contributed by atoms with E-state index < -0.39 is 5.60 Å². The second kappa shape index (κ2) is 8.35. The Bertz CT molecular complexity index is 1020. The molecule has 0 radical (unpaired) electrons. The number of rotatable bonds is 8. The Hall–Kier alpha value is -3.07. The summed E-state index contributed by atoms with van der Waals surface area (Å²) in [7, 11) is 1.59. The number of nitrogens with two attached hydrogens (primary N) is 1. The molecule has 9 nitrogen and oxygen atoms in total. The number of methoxy groups -OCH3 is 1. The molecule has 5 N–H and O–H groups in total. The summed E-state index contributed by atoms with van der Waals surface area (Å²) in [6.07, 6.45) is 1.76. The normalized spacial score (nSPS) is 12.9. The highest BCUT2D eigenvalue weighted by Gasteiger charge is 2.24. The first-order chi connectivity index (χ1) is 14.1. The first kappa shape index (κ1) is 21.6. The molecule has 0 saturated carbocycles. The van der Waals surface area contributed by atoms with Crippen molar-refractivity contribution in [1.29, 1.82) is 0 Å². The Balaban J connectivity index is 1.98. The van der Waals surface area contributed by atoms with E-state index >= 15 is 0 Å². The van der Waals surface area contributed by atoms with E-state index in [0.29, 0.717) is 40.9 Å². The van der Waals surface area contributed by atoms with Crippen molar-refractivity contribution >= 4 is 28.6 Å². The summed E-state index contributed by atoms with van der Waals surface area (Å²) in [6, 6.07) is 5.59. The SMILES string of the molecule is COc1cccc(CNc2nc(NC(C)C(C)(C)O)nc3c2ncn3C(C)C)c1N. The van der Waals surface area contributed by atoms with Gasteiger partial charge in [0.25, 0.3) is 0 Å². The van der Waals surface area contributed by atoms with Gasteiger partial charge in [0.05, 0.1) is 30.8 Å². The van der Waals surface area contributed by atoms with Crippen molar-refractivity contribution in [2.24, 2.45) is 0 Å². The van der Waals surface area contributed by atoms with Gasteiger partial charge in [-0.15, -0.1) is 0 Å². The van der Waals surface area contributed by atoms with Crippen LogP contribution in [0.15, 0.2) is 24.5 Å². The summed E-state index contributed by atoms with van der Waals surface area (Å²) >= 11 is 0. The fraction of sp³-hybridized carbons (Fsp3) is 0.476. The van der Waals surface area contributed by atoms with Crippen LogP contribution in [0.3, 0.4) is 0 Å². The first-order valence-corrected chi connectivity index (χ1v) is 10.0. The molecule has 2 heterocycles. The van der Waals surface area contributed by atoms with Gasteiger partial charge in [0.2, 0.25) is 5.95 Å². The lowest BCUT2D eigenvalue weighted by molar-refractivity contribution is 0.0646. The molecular weight excluding hydrogens is 382 g/mol. The van der Waals surface area contributed by atoms with E-state index in [1.165, 1.54) is 0 Å². The summed E-state index contributed by atoms with van der Waals surface area (Å²) in [5.41, 5.74) is 8.13. The predicted octanol–water partition coefficient (Wildman–Crippen LogP) is 3.18. The number of hydrogen-bond acceptors (Lipinski definition) is 8. The number of nitrogens with zero attached hydrogens (tertiary/aromatic N) is 4. The Morgan fingerprint density at radius 2 is 1.97 bits per heavy atom. The Morgan fingerprint density at radius 1 is 1.23 bits per heavy atom. The third kappa shape index (κ3) is 4.40. The highest BCUT2D eigenvalue weighted by Crippen LogP contribution is 2.28. The molecule has 3 rings (SSSR count). The molecule has 0 aliphatic heterocycles. The molecule has 3 aromatic rings. The van der Waals surface area contributed by atoms with E-state index in [0.717, 1.165) is 5.56 Å². The maximum absolute atomic E-state index is 10.3. The number of hydrogen-bond donors (Lipinski definition) is 4. The van der Waals surface area contributed by atoms with Gasteiger partial charge in [-0.05, 0) is 46.2 Å². The number of aromatic nitrogens is 4. The molecule has 0 saturated heterocycles. The Morgan fingerprint density at radius 3 is 2.60 bits per heavy atom. The van der Waals surface area contributed by atoms with Crippen molar-refractivity contribution in [2.45, 2.75) is 58.8 Å². The summed E-state index contributed by atoms with van der Waals surface area (Å²) in [5.74, 6) is 1.64. The lowest BCUT2D eigenvalue weighted by Crippen LogP contribution is -2.39. The van der Waals surface area contributed by atoms with Crippen LogP contribution in [0.4, 0.5) is 17.5 Å². The summed E-state index contributed by atoms with van der Waals surface area (Å²) in [5, 5.41) is 16.8. The molecule has 0 aliphatic rings. The van der Waals surface area contributed by atoms with Gasteiger partial charge in [0.15, 0.2) is 17.0 Å². The van der Waals surface area contributed by atoms with Gasteiger partial charge < -0.3 is 30.8 Å². The monoisotopic (exact) mass is 413 g/mol. The largest absolute Gasteiger partial charge is 0.495 e. The maximum atomic E-state index is 10.3. The molecule has 2 aromatic heterocycles. The number of ether oxygens (including phenoxy) is 1. The smallest absolute Gasteiger partial charge is 0.227 e. The van der Waals surface area contributed by atoms with Crippen molar-refractivity contribution in [2.75, 3.05) is 23.5 Å². The topological polar surface area (TPSA) is 123 Å². The average Bonchev–Trinajstić information content (AvgIpc) is 3.10. The van der Waals surface area contributed by atoms with Gasteiger partial charge in [-0.25, -0.2) is 4.98 Å². The number of para-hydroxylation sites is 1.